The Labute approximate surface area is 117 Å². The minimum atomic E-state index is 0.925. The number of hydrogen-bond donors (Lipinski definition) is 0. The molecule has 1 atom stereocenters. The van der Waals surface area contributed by atoms with Gasteiger partial charge in [-0.2, -0.15) is 0 Å². The van der Waals surface area contributed by atoms with E-state index in [1.54, 1.807) is 7.11 Å². The molecule has 1 aromatic rings. The van der Waals surface area contributed by atoms with Gasteiger partial charge in [-0.1, -0.05) is 50.8 Å². The average molecular weight is 258 g/mol. The quantitative estimate of drug-likeness (QED) is 0.616. The number of ether oxygens (including phenoxy) is 1. The first-order valence-corrected chi connectivity index (χ1v) is 7.67. The highest BCUT2D eigenvalue weighted by Gasteiger charge is 2.14. The fraction of sp³-hybridized carbons (Fsp3) is 0.556. The molecule has 0 saturated heterocycles. The third kappa shape index (κ3) is 4.12. The van der Waals surface area contributed by atoms with Crippen molar-refractivity contribution in [3.63, 3.8) is 0 Å². The molecule has 19 heavy (non-hydrogen) atoms. The molecule has 0 aromatic heterocycles. The van der Waals surface area contributed by atoms with E-state index in [1.165, 1.54) is 56.1 Å². The molecule has 0 amide bonds. The summed E-state index contributed by atoms with van der Waals surface area (Å²) in [5.74, 6) is 1.87. The Kier molecular flexibility index (Phi) is 5.50. The third-order valence-corrected chi connectivity index (χ3v) is 4.20. The fourth-order valence-corrected chi connectivity index (χ4v) is 2.90. The number of rotatable bonds is 6. The lowest BCUT2D eigenvalue weighted by Gasteiger charge is -2.22. The van der Waals surface area contributed by atoms with Gasteiger partial charge in [0.05, 0.1) is 7.11 Å². The van der Waals surface area contributed by atoms with Gasteiger partial charge in [-0.25, -0.2) is 0 Å². The van der Waals surface area contributed by atoms with E-state index in [2.05, 4.69) is 37.3 Å². The predicted molar refractivity (Wildman–Crippen MR) is 82.5 cm³/mol. The lowest BCUT2D eigenvalue weighted by Crippen LogP contribution is -2.05. The van der Waals surface area contributed by atoms with Crippen LogP contribution in [-0.2, 0) is 0 Å². The zero-order valence-corrected chi connectivity index (χ0v) is 12.3. The molecule has 2 rings (SSSR count). The number of methoxy groups -OCH3 is 1. The zero-order chi connectivity index (χ0) is 13.5. The molecular formula is C18H26O. The van der Waals surface area contributed by atoms with Crippen molar-refractivity contribution in [2.75, 3.05) is 7.11 Å². The summed E-state index contributed by atoms with van der Waals surface area (Å²) in [6.45, 7) is 2.28. The molecule has 0 aliphatic heterocycles. The molecule has 1 aliphatic carbocycles. The van der Waals surface area contributed by atoms with Crippen LogP contribution in [0.3, 0.4) is 0 Å². The molecule has 1 heteroatoms. The lowest BCUT2D eigenvalue weighted by atomic mass is 9.84. The summed E-state index contributed by atoms with van der Waals surface area (Å²) in [6.07, 6.45) is 11.9. The van der Waals surface area contributed by atoms with Crippen molar-refractivity contribution in [1.82, 2.24) is 0 Å². The fourth-order valence-electron chi connectivity index (χ4n) is 2.90. The molecule has 1 aliphatic rings. The second-order valence-corrected chi connectivity index (χ2v) is 5.59. The van der Waals surface area contributed by atoms with Crippen LogP contribution in [0.15, 0.2) is 30.3 Å². The van der Waals surface area contributed by atoms with E-state index >= 15 is 0 Å². The van der Waals surface area contributed by atoms with Gasteiger partial charge in [0.1, 0.15) is 5.75 Å². The number of allylic oxidation sites excluding steroid dienone is 2. The van der Waals surface area contributed by atoms with Crippen LogP contribution in [0.2, 0.25) is 0 Å². The zero-order valence-electron chi connectivity index (χ0n) is 12.3. The molecule has 0 saturated carbocycles. The maximum Gasteiger partial charge on any atom is 0.118 e. The first-order chi connectivity index (χ1) is 9.33. The van der Waals surface area contributed by atoms with E-state index in [0.717, 1.165) is 11.7 Å². The SMILES string of the molecule is CCCCCC1CC=C(c2ccc(OC)cc2)CC1. The van der Waals surface area contributed by atoms with Gasteiger partial charge >= 0.3 is 0 Å². The van der Waals surface area contributed by atoms with Crippen LogP contribution in [0.5, 0.6) is 5.75 Å². The van der Waals surface area contributed by atoms with Crippen molar-refractivity contribution in [2.45, 2.75) is 51.9 Å². The first-order valence-electron chi connectivity index (χ1n) is 7.67. The van der Waals surface area contributed by atoms with Gasteiger partial charge in [0.2, 0.25) is 0 Å². The largest absolute Gasteiger partial charge is 0.497 e. The van der Waals surface area contributed by atoms with Crippen LogP contribution >= 0.6 is 0 Å². The van der Waals surface area contributed by atoms with Crippen molar-refractivity contribution in [3.05, 3.63) is 35.9 Å². The second kappa shape index (κ2) is 7.37. The van der Waals surface area contributed by atoms with Crippen LogP contribution in [0.4, 0.5) is 0 Å². The summed E-state index contributed by atoms with van der Waals surface area (Å²) < 4.78 is 5.21. The van der Waals surface area contributed by atoms with Crippen molar-refractivity contribution in [2.24, 2.45) is 5.92 Å². The molecule has 0 spiro atoms. The summed E-state index contributed by atoms with van der Waals surface area (Å²) in [6, 6.07) is 8.48. The molecular weight excluding hydrogens is 232 g/mol. The van der Waals surface area contributed by atoms with Crippen LogP contribution in [0.1, 0.15) is 57.4 Å². The maximum absolute atomic E-state index is 5.21. The lowest BCUT2D eigenvalue weighted by molar-refractivity contribution is 0.414. The first kappa shape index (κ1) is 14.2. The molecule has 0 heterocycles. The molecule has 1 unspecified atom stereocenters. The van der Waals surface area contributed by atoms with E-state index in [9.17, 15) is 0 Å². The van der Waals surface area contributed by atoms with Gasteiger partial charge in [-0.15, -0.1) is 0 Å². The Balaban J connectivity index is 1.88. The molecule has 0 bridgehead atoms. The highest BCUT2D eigenvalue weighted by molar-refractivity contribution is 5.66. The van der Waals surface area contributed by atoms with Crippen LogP contribution < -0.4 is 4.74 Å². The molecule has 0 fully saturated rings. The van der Waals surface area contributed by atoms with E-state index in [0.29, 0.717) is 0 Å². The molecule has 0 radical (unpaired) electrons. The Bertz CT molecular complexity index is 402. The molecule has 0 N–H and O–H groups in total. The molecule has 1 aromatic carbocycles. The number of unbranched alkanes of at least 4 members (excludes halogenated alkanes) is 2. The van der Waals surface area contributed by atoms with Crippen LogP contribution in [-0.4, -0.2) is 7.11 Å². The Hall–Kier alpha value is -1.24. The van der Waals surface area contributed by atoms with E-state index in [-0.39, 0.29) is 0 Å². The highest BCUT2D eigenvalue weighted by Crippen LogP contribution is 2.33. The van der Waals surface area contributed by atoms with Gasteiger partial charge in [0.15, 0.2) is 0 Å². The monoisotopic (exact) mass is 258 g/mol. The van der Waals surface area contributed by atoms with Crippen LogP contribution in [0, 0.1) is 5.92 Å². The van der Waals surface area contributed by atoms with Crippen molar-refractivity contribution < 1.29 is 4.74 Å². The van der Waals surface area contributed by atoms with Crippen molar-refractivity contribution >= 4 is 5.57 Å². The topological polar surface area (TPSA) is 9.23 Å². The number of benzene rings is 1. The minimum Gasteiger partial charge on any atom is -0.497 e. The minimum absolute atomic E-state index is 0.925. The van der Waals surface area contributed by atoms with Crippen LogP contribution in [0.25, 0.3) is 5.57 Å². The van der Waals surface area contributed by atoms with Gasteiger partial charge in [-0.05, 0) is 48.4 Å². The van der Waals surface area contributed by atoms with Crippen molar-refractivity contribution in [1.29, 1.82) is 0 Å². The maximum atomic E-state index is 5.21. The molecule has 1 nitrogen and oxygen atoms in total. The Morgan fingerprint density at radius 1 is 1.16 bits per heavy atom. The van der Waals surface area contributed by atoms with E-state index < -0.39 is 0 Å². The highest BCUT2D eigenvalue weighted by atomic mass is 16.5. The standard InChI is InChI=1S/C18H26O/c1-3-4-5-6-15-7-9-16(10-8-15)17-11-13-18(19-2)14-12-17/h9,11-15H,3-8,10H2,1-2H3. The summed E-state index contributed by atoms with van der Waals surface area (Å²) in [4.78, 5) is 0. The normalized spacial score (nSPS) is 19.1. The average Bonchev–Trinajstić information content (AvgIpc) is 2.48. The summed E-state index contributed by atoms with van der Waals surface area (Å²) in [5.41, 5.74) is 2.89. The van der Waals surface area contributed by atoms with Crippen molar-refractivity contribution in [3.8, 4) is 5.75 Å². The number of hydrogen-bond acceptors (Lipinski definition) is 1. The Morgan fingerprint density at radius 2 is 1.95 bits per heavy atom. The summed E-state index contributed by atoms with van der Waals surface area (Å²) in [5, 5.41) is 0. The van der Waals surface area contributed by atoms with E-state index in [4.69, 9.17) is 4.74 Å². The summed E-state index contributed by atoms with van der Waals surface area (Å²) >= 11 is 0. The van der Waals surface area contributed by atoms with Gasteiger partial charge < -0.3 is 4.74 Å². The van der Waals surface area contributed by atoms with Gasteiger partial charge in [-0.3, -0.25) is 0 Å². The third-order valence-electron chi connectivity index (χ3n) is 4.20. The van der Waals surface area contributed by atoms with Gasteiger partial charge in [0.25, 0.3) is 0 Å². The molecule has 104 valence electrons. The predicted octanol–water partition coefficient (Wildman–Crippen LogP) is 5.46. The second-order valence-electron chi connectivity index (χ2n) is 5.59. The Morgan fingerprint density at radius 3 is 2.53 bits per heavy atom. The van der Waals surface area contributed by atoms with Gasteiger partial charge in [0, 0.05) is 0 Å². The summed E-state index contributed by atoms with van der Waals surface area (Å²) in [7, 11) is 1.72. The van der Waals surface area contributed by atoms with E-state index in [1.807, 2.05) is 0 Å². The smallest absolute Gasteiger partial charge is 0.118 e.